The van der Waals surface area contributed by atoms with Crippen LogP contribution in [-0.4, -0.2) is 57.0 Å². The van der Waals surface area contributed by atoms with Crippen LogP contribution in [0.2, 0.25) is 0 Å². The van der Waals surface area contributed by atoms with Gasteiger partial charge in [0, 0.05) is 14.2 Å². The molecule has 0 saturated carbocycles. The van der Waals surface area contributed by atoms with Gasteiger partial charge in [0.25, 0.3) is 0 Å². The Hall–Kier alpha value is -0.820. The Balaban J connectivity index is 4.19. The number of ketones is 1. The Morgan fingerprint density at radius 1 is 1.50 bits per heavy atom. The first kappa shape index (κ1) is 13.2. The molecule has 0 amide bonds. The van der Waals surface area contributed by atoms with Crippen LogP contribution in [0.3, 0.4) is 0 Å². The second-order valence-corrected chi connectivity index (χ2v) is 2.44. The van der Waals surface area contributed by atoms with E-state index in [0.29, 0.717) is 6.29 Å². The van der Waals surface area contributed by atoms with Crippen molar-refractivity contribution in [1.29, 1.82) is 0 Å². The summed E-state index contributed by atoms with van der Waals surface area (Å²) in [7, 11) is 2.65. The first-order valence-electron chi connectivity index (χ1n) is 3.95. The van der Waals surface area contributed by atoms with Crippen LogP contribution in [-0.2, 0) is 23.8 Å². The van der Waals surface area contributed by atoms with Gasteiger partial charge in [0.15, 0.2) is 12.1 Å². The molecule has 0 heterocycles. The monoisotopic (exact) mass is 206 g/mol. The maximum Gasteiger partial charge on any atom is 0.215 e. The summed E-state index contributed by atoms with van der Waals surface area (Å²) < 4.78 is 14.2. The van der Waals surface area contributed by atoms with Crippen LogP contribution in [0.25, 0.3) is 0 Å². The molecule has 0 radical (unpaired) electrons. The molecule has 0 aromatic heterocycles. The van der Waals surface area contributed by atoms with Crippen molar-refractivity contribution in [1.82, 2.24) is 0 Å². The number of hydrogen-bond donors (Lipinski definition) is 1. The number of methoxy groups -OCH3 is 2. The quantitative estimate of drug-likeness (QED) is 0.395. The zero-order valence-electron chi connectivity index (χ0n) is 8.13. The predicted molar refractivity (Wildman–Crippen MR) is 45.7 cm³/mol. The summed E-state index contributed by atoms with van der Waals surface area (Å²) >= 11 is 0. The van der Waals surface area contributed by atoms with Crippen LogP contribution in [0.5, 0.6) is 0 Å². The van der Waals surface area contributed by atoms with Gasteiger partial charge in [0.05, 0.1) is 6.61 Å². The van der Waals surface area contributed by atoms with Crippen molar-refractivity contribution in [3.63, 3.8) is 0 Å². The maximum absolute atomic E-state index is 11.0. The molecule has 0 aliphatic carbocycles. The minimum atomic E-state index is -1.12. The first-order chi connectivity index (χ1) is 6.69. The van der Waals surface area contributed by atoms with E-state index in [1.165, 1.54) is 14.2 Å². The van der Waals surface area contributed by atoms with Gasteiger partial charge < -0.3 is 19.3 Å². The lowest BCUT2D eigenvalue weighted by atomic mass is 10.2. The molecule has 6 heteroatoms. The van der Waals surface area contributed by atoms with Crippen molar-refractivity contribution in [2.75, 3.05) is 27.4 Å². The van der Waals surface area contributed by atoms with Crippen LogP contribution < -0.4 is 0 Å². The van der Waals surface area contributed by atoms with E-state index >= 15 is 0 Å². The summed E-state index contributed by atoms with van der Waals surface area (Å²) in [5, 5.41) is 8.58. The molecule has 0 rings (SSSR count). The average Bonchev–Trinajstić information content (AvgIpc) is 2.23. The van der Waals surface area contributed by atoms with E-state index in [2.05, 4.69) is 9.47 Å². The molecule has 2 atom stereocenters. The molecule has 6 nitrogen and oxygen atoms in total. The molecule has 0 spiro atoms. The van der Waals surface area contributed by atoms with Gasteiger partial charge in [-0.2, -0.15) is 0 Å². The molecule has 82 valence electrons. The number of aliphatic hydroxyl groups excluding tert-OH is 1. The summed E-state index contributed by atoms with van der Waals surface area (Å²) in [4.78, 5) is 21.4. The minimum absolute atomic E-state index is 0.0346. The molecule has 0 aliphatic rings. The van der Waals surface area contributed by atoms with E-state index in [1.807, 2.05) is 0 Å². The predicted octanol–water partition coefficient (Wildman–Crippen LogP) is -1.25. The molecule has 1 N–H and O–H groups in total. The summed E-state index contributed by atoms with van der Waals surface area (Å²) in [6.45, 7) is -0.698. The van der Waals surface area contributed by atoms with Crippen molar-refractivity contribution >= 4 is 12.1 Å². The zero-order valence-corrected chi connectivity index (χ0v) is 8.13. The Kier molecular flexibility index (Phi) is 7.13. The smallest absolute Gasteiger partial charge is 0.215 e. The van der Waals surface area contributed by atoms with Gasteiger partial charge in [-0.05, 0) is 0 Å². The highest BCUT2D eigenvalue weighted by Crippen LogP contribution is 2.00. The van der Waals surface area contributed by atoms with Crippen LogP contribution >= 0.6 is 0 Å². The number of aldehydes is 1. The van der Waals surface area contributed by atoms with E-state index in [9.17, 15) is 9.59 Å². The highest BCUT2D eigenvalue weighted by Gasteiger charge is 2.22. The van der Waals surface area contributed by atoms with Gasteiger partial charge in [-0.1, -0.05) is 0 Å². The summed E-state index contributed by atoms with van der Waals surface area (Å²) in [6.07, 6.45) is -1.70. The van der Waals surface area contributed by atoms with Crippen LogP contribution in [0, 0.1) is 0 Å². The van der Waals surface area contributed by atoms with Crippen LogP contribution in [0.15, 0.2) is 0 Å². The molecule has 0 bridgehead atoms. The lowest BCUT2D eigenvalue weighted by Crippen LogP contribution is -2.36. The number of Topliss-reactive ketones (excluding diaryl/α,β-unsaturated/α-hetero) is 1. The van der Waals surface area contributed by atoms with Gasteiger partial charge in [-0.25, -0.2) is 0 Å². The van der Waals surface area contributed by atoms with E-state index < -0.39 is 24.8 Å². The summed E-state index contributed by atoms with van der Waals surface area (Å²) in [5.41, 5.74) is 0. The van der Waals surface area contributed by atoms with Gasteiger partial charge in [0.2, 0.25) is 6.29 Å². The van der Waals surface area contributed by atoms with Gasteiger partial charge in [-0.15, -0.1) is 0 Å². The second-order valence-electron chi connectivity index (χ2n) is 2.44. The first-order valence-corrected chi connectivity index (χ1v) is 3.95. The lowest BCUT2D eigenvalue weighted by molar-refractivity contribution is -0.177. The minimum Gasteiger partial charge on any atom is -0.388 e. The van der Waals surface area contributed by atoms with E-state index in [4.69, 9.17) is 9.84 Å². The number of ether oxygens (including phenoxy) is 3. The van der Waals surface area contributed by atoms with Crippen LogP contribution in [0.4, 0.5) is 0 Å². The highest BCUT2D eigenvalue weighted by atomic mass is 16.7. The molecule has 0 aromatic rings. The number of carbonyl (C=O) groups excluding carboxylic acids is 2. The molecular weight excluding hydrogens is 192 g/mol. The molecule has 0 aliphatic heterocycles. The Morgan fingerprint density at radius 2 is 2.14 bits per heavy atom. The molecular formula is C8H14O6. The molecule has 0 fully saturated rings. The Morgan fingerprint density at radius 3 is 2.50 bits per heavy atom. The largest absolute Gasteiger partial charge is 0.388 e. The van der Waals surface area contributed by atoms with Crippen molar-refractivity contribution < 1.29 is 28.9 Å². The normalized spacial score (nSPS) is 14.8. The topological polar surface area (TPSA) is 82.1 Å². The SMILES string of the molecule is COCC(OC(C=O)OC)C(=O)CO. The molecule has 0 saturated heterocycles. The summed E-state index contributed by atoms with van der Waals surface area (Å²) in [6, 6.07) is 0. The third kappa shape index (κ3) is 4.43. The van der Waals surface area contributed by atoms with Gasteiger partial charge >= 0.3 is 0 Å². The maximum atomic E-state index is 11.0. The van der Waals surface area contributed by atoms with Gasteiger partial charge in [0.1, 0.15) is 12.7 Å². The number of carbonyl (C=O) groups is 2. The highest BCUT2D eigenvalue weighted by molar-refractivity contribution is 5.84. The van der Waals surface area contributed by atoms with E-state index in [0.717, 1.165) is 0 Å². The van der Waals surface area contributed by atoms with Crippen molar-refractivity contribution in [2.24, 2.45) is 0 Å². The standard InChI is InChI=1S/C8H14O6/c1-12-5-7(6(11)3-9)14-8(4-10)13-2/h4,7-9H,3,5H2,1-2H3. The second kappa shape index (κ2) is 7.57. The van der Waals surface area contributed by atoms with Crippen molar-refractivity contribution in [3.8, 4) is 0 Å². The fraction of sp³-hybridized carbons (Fsp3) is 0.750. The molecule has 14 heavy (non-hydrogen) atoms. The fourth-order valence-corrected chi connectivity index (χ4v) is 0.766. The van der Waals surface area contributed by atoms with Crippen LogP contribution in [0.1, 0.15) is 0 Å². The Labute approximate surface area is 81.8 Å². The Bertz CT molecular complexity index is 181. The fourth-order valence-electron chi connectivity index (χ4n) is 0.766. The number of hydrogen-bond acceptors (Lipinski definition) is 6. The lowest BCUT2D eigenvalue weighted by Gasteiger charge is -2.17. The van der Waals surface area contributed by atoms with E-state index in [-0.39, 0.29) is 6.61 Å². The third-order valence-corrected chi connectivity index (χ3v) is 1.47. The molecule has 0 aromatic carbocycles. The number of aliphatic hydroxyl groups is 1. The number of rotatable bonds is 8. The average molecular weight is 206 g/mol. The van der Waals surface area contributed by atoms with E-state index in [1.54, 1.807) is 0 Å². The zero-order chi connectivity index (χ0) is 11.0. The van der Waals surface area contributed by atoms with Crippen molar-refractivity contribution in [2.45, 2.75) is 12.4 Å². The third-order valence-electron chi connectivity index (χ3n) is 1.47. The molecule has 2 unspecified atom stereocenters. The van der Waals surface area contributed by atoms with Crippen molar-refractivity contribution in [3.05, 3.63) is 0 Å². The van der Waals surface area contributed by atoms with Gasteiger partial charge in [-0.3, -0.25) is 9.59 Å². The summed E-state index contributed by atoms with van der Waals surface area (Å²) in [5.74, 6) is -0.559.